The normalized spacial score (nSPS) is 14.5. The van der Waals surface area contributed by atoms with Crippen LogP contribution in [0.1, 0.15) is 16.7 Å². The summed E-state index contributed by atoms with van der Waals surface area (Å²) in [5.41, 5.74) is 4.06. The lowest BCUT2D eigenvalue weighted by Gasteiger charge is -2.26. The maximum absolute atomic E-state index is 12.2. The molecule has 28 heavy (non-hydrogen) atoms. The Morgan fingerprint density at radius 3 is 2.75 bits per heavy atom. The molecule has 6 nitrogen and oxygen atoms in total. The minimum absolute atomic E-state index is 0.215. The highest BCUT2D eigenvalue weighted by molar-refractivity contribution is 5.90. The van der Waals surface area contributed by atoms with Gasteiger partial charge in [0.05, 0.1) is 13.2 Å². The van der Waals surface area contributed by atoms with Crippen molar-refractivity contribution in [3.05, 3.63) is 59.2 Å². The van der Waals surface area contributed by atoms with Gasteiger partial charge in [-0.15, -0.1) is 0 Å². The number of benzene rings is 2. The van der Waals surface area contributed by atoms with Crippen LogP contribution in [0.15, 0.2) is 42.5 Å². The molecule has 3 rings (SSSR count). The van der Waals surface area contributed by atoms with E-state index in [1.807, 2.05) is 56.3 Å². The van der Waals surface area contributed by atoms with Crippen molar-refractivity contribution >= 4 is 11.7 Å². The average Bonchev–Trinajstić information content (AvgIpc) is 2.71. The van der Waals surface area contributed by atoms with Crippen molar-refractivity contribution in [2.45, 2.75) is 20.4 Å². The number of aryl methyl sites for hydroxylation is 1. The molecule has 0 bridgehead atoms. The molecule has 0 unspecified atom stereocenters. The third-order valence-electron chi connectivity index (χ3n) is 4.98. The predicted octanol–water partition coefficient (Wildman–Crippen LogP) is 3.34. The Balaban J connectivity index is 1.44. The van der Waals surface area contributed by atoms with Gasteiger partial charge in [0.1, 0.15) is 12.4 Å². The third kappa shape index (κ3) is 5.97. The monoisotopic (exact) mass is 383 g/mol. The highest BCUT2D eigenvalue weighted by Crippen LogP contribution is 2.18. The molecular formula is C22H29N3O3. The summed E-state index contributed by atoms with van der Waals surface area (Å²) >= 11 is 0. The molecule has 1 saturated heterocycles. The van der Waals surface area contributed by atoms with Gasteiger partial charge < -0.3 is 20.1 Å². The van der Waals surface area contributed by atoms with E-state index in [1.54, 1.807) is 0 Å². The number of hydrogen-bond acceptors (Lipinski definition) is 4. The molecule has 2 aromatic rings. The standard InChI is InChI=1S/C22H29N3O3/c1-17-5-3-8-21(18(17)2)24-22(26)23-16-19-6-4-7-20(15-19)28-14-11-25-9-12-27-13-10-25/h3-8,15H,9-14,16H2,1-2H3,(H2,23,24,26). The van der Waals surface area contributed by atoms with Gasteiger partial charge in [-0.1, -0.05) is 24.3 Å². The maximum Gasteiger partial charge on any atom is 0.319 e. The first-order valence-electron chi connectivity index (χ1n) is 9.75. The number of amides is 2. The number of hydrogen-bond donors (Lipinski definition) is 2. The van der Waals surface area contributed by atoms with E-state index in [0.29, 0.717) is 13.2 Å². The van der Waals surface area contributed by atoms with E-state index in [1.165, 1.54) is 0 Å². The summed E-state index contributed by atoms with van der Waals surface area (Å²) in [6, 6.07) is 13.5. The lowest BCUT2D eigenvalue weighted by atomic mass is 10.1. The smallest absolute Gasteiger partial charge is 0.319 e. The van der Waals surface area contributed by atoms with Crippen LogP contribution in [0, 0.1) is 13.8 Å². The van der Waals surface area contributed by atoms with Gasteiger partial charge >= 0.3 is 6.03 Å². The van der Waals surface area contributed by atoms with E-state index in [0.717, 1.165) is 61.0 Å². The number of rotatable bonds is 7. The van der Waals surface area contributed by atoms with Crippen molar-refractivity contribution in [2.24, 2.45) is 0 Å². The van der Waals surface area contributed by atoms with E-state index >= 15 is 0 Å². The molecular weight excluding hydrogens is 354 g/mol. The van der Waals surface area contributed by atoms with Crippen LogP contribution < -0.4 is 15.4 Å². The molecule has 0 spiro atoms. The second-order valence-corrected chi connectivity index (χ2v) is 7.01. The van der Waals surface area contributed by atoms with Gasteiger partial charge in [-0.25, -0.2) is 4.79 Å². The molecule has 1 aliphatic heterocycles. The average molecular weight is 383 g/mol. The van der Waals surface area contributed by atoms with E-state index < -0.39 is 0 Å². The predicted molar refractivity (Wildman–Crippen MR) is 111 cm³/mol. The number of nitrogens with one attached hydrogen (secondary N) is 2. The maximum atomic E-state index is 12.2. The minimum atomic E-state index is -0.215. The number of carbonyl (C=O) groups is 1. The fourth-order valence-electron chi connectivity index (χ4n) is 3.10. The van der Waals surface area contributed by atoms with Crippen LogP contribution in [-0.4, -0.2) is 50.4 Å². The zero-order valence-corrected chi connectivity index (χ0v) is 16.7. The lowest BCUT2D eigenvalue weighted by molar-refractivity contribution is 0.0322. The molecule has 0 aromatic heterocycles. The molecule has 1 heterocycles. The van der Waals surface area contributed by atoms with Crippen molar-refractivity contribution in [2.75, 3.05) is 44.8 Å². The molecule has 0 atom stereocenters. The van der Waals surface area contributed by atoms with Crippen LogP contribution in [0.3, 0.4) is 0 Å². The highest BCUT2D eigenvalue weighted by atomic mass is 16.5. The molecule has 0 radical (unpaired) electrons. The number of ether oxygens (including phenoxy) is 2. The fraction of sp³-hybridized carbons (Fsp3) is 0.409. The topological polar surface area (TPSA) is 62.8 Å². The quantitative estimate of drug-likeness (QED) is 0.770. The van der Waals surface area contributed by atoms with Crippen LogP contribution in [0.25, 0.3) is 0 Å². The highest BCUT2D eigenvalue weighted by Gasteiger charge is 2.10. The van der Waals surface area contributed by atoms with Gasteiger partial charge in [-0.2, -0.15) is 0 Å². The first kappa shape index (κ1) is 20.2. The molecule has 1 fully saturated rings. The van der Waals surface area contributed by atoms with Gasteiger partial charge in [0.25, 0.3) is 0 Å². The van der Waals surface area contributed by atoms with Crippen molar-refractivity contribution in [3.63, 3.8) is 0 Å². The third-order valence-corrected chi connectivity index (χ3v) is 4.98. The summed E-state index contributed by atoms with van der Waals surface area (Å²) in [6.45, 7) is 9.53. The second-order valence-electron chi connectivity index (χ2n) is 7.01. The number of nitrogens with zero attached hydrogens (tertiary/aromatic N) is 1. The Bertz CT molecular complexity index is 788. The molecule has 2 amide bonds. The number of urea groups is 1. The van der Waals surface area contributed by atoms with Gasteiger partial charge in [-0.3, -0.25) is 4.90 Å². The fourth-order valence-corrected chi connectivity index (χ4v) is 3.10. The van der Waals surface area contributed by atoms with Gasteiger partial charge in [0, 0.05) is 31.9 Å². The number of morpholine rings is 1. The zero-order valence-electron chi connectivity index (χ0n) is 16.7. The van der Waals surface area contributed by atoms with Crippen LogP contribution in [0.5, 0.6) is 5.75 Å². The largest absolute Gasteiger partial charge is 0.492 e. The Morgan fingerprint density at radius 1 is 1.14 bits per heavy atom. The van der Waals surface area contributed by atoms with Crippen LogP contribution in [-0.2, 0) is 11.3 Å². The number of carbonyl (C=O) groups excluding carboxylic acids is 1. The van der Waals surface area contributed by atoms with Crippen molar-refractivity contribution in [3.8, 4) is 5.75 Å². The van der Waals surface area contributed by atoms with E-state index in [2.05, 4.69) is 15.5 Å². The van der Waals surface area contributed by atoms with Gasteiger partial charge in [0.15, 0.2) is 0 Å². The number of anilines is 1. The van der Waals surface area contributed by atoms with Crippen molar-refractivity contribution in [1.82, 2.24) is 10.2 Å². The van der Waals surface area contributed by atoms with E-state index in [-0.39, 0.29) is 6.03 Å². The molecule has 2 N–H and O–H groups in total. The second kappa shape index (κ2) is 10.1. The van der Waals surface area contributed by atoms with Crippen LogP contribution >= 0.6 is 0 Å². The van der Waals surface area contributed by atoms with Crippen molar-refractivity contribution in [1.29, 1.82) is 0 Å². The summed E-state index contributed by atoms with van der Waals surface area (Å²) in [7, 11) is 0. The van der Waals surface area contributed by atoms with Gasteiger partial charge in [0.2, 0.25) is 0 Å². The first-order chi connectivity index (χ1) is 13.6. The Hall–Kier alpha value is -2.57. The molecule has 6 heteroatoms. The SMILES string of the molecule is Cc1cccc(NC(=O)NCc2cccc(OCCN3CCOCC3)c2)c1C. The molecule has 2 aromatic carbocycles. The molecule has 150 valence electrons. The van der Waals surface area contributed by atoms with Gasteiger partial charge in [-0.05, 0) is 48.7 Å². The Morgan fingerprint density at radius 2 is 1.93 bits per heavy atom. The van der Waals surface area contributed by atoms with Crippen molar-refractivity contribution < 1.29 is 14.3 Å². The summed E-state index contributed by atoms with van der Waals surface area (Å²) in [5, 5.41) is 5.81. The minimum Gasteiger partial charge on any atom is -0.492 e. The summed E-state index contributed by atoms with van der Waals surface area (Å²) in [6.07, 6.45) is 0. The van der Waals surface area contributed by atoms with E-state index in [9.17, 15) is 4.79 Å². The summed E-state index contributed by atoms with van der Waals surface area (Å²) in [4.78, 5) is 14.6. The Labute approximate surface area is 166 Å². The summed E-state index contributed by atoms with van der Waals surface area (Å²) < 4.78 is 11.2. The first-order valence-corrected chi connectivity index (χ1v) is 9.75. The van der Waals surface area contributed by atoms with Crippen LogP contribution in [0.4, 0.5) is 10.5 Å². The Kier molecular flexibility index (Phi) is 7.28. The summed E-state index contributed by atoms with van der Waals surface area (Å²) in [5.74, 6) is 0.822. The zero-order chi connectivity index (χ0) is 19.8. The lowest BCUT2D eigenvalue weighted by Crippen LogP contribution is -2.38. The van der Waals surface area contributed by atoms with Crippen LogP contribution in [0.2, 0.25) is 0 Å². The molecule has 1 aliphatic rings. The van der Waals surface area contributed by atoms with E-state index in [4.69, 9.17) is 9.47 Å². The molecule has 0 aliphatic carbocycles. The molecule has 0 saturated carbocycles.